The lowest BCUT2D eigenvalue weighted by Crippen LogP contribution is -2.20. The summed E-state index contributed by atoms with van der Waals surface area (Å²) in [5.74, 6) is 0.120. The summed E-state index contributed by atoms with van der Waals surface area (Å²) < 4.78 is 7.10. The van der Waals surface area contributed by atoms with Gasteiger partial charge in [0.15, 0.2) is 11.5 Å². The van der Waals surface area contributed by atoms with Gasteiger partial charge in [0, 0.05) is 22.8 Å². The predicted molar refractivity (Wildman–Crippen MR) is 109 cm³/mol. The summed E-state index contributed by atoms with van der Waals surface area (Å²) in [4.78, 5) is 24.9. The second kappa shape index (κ2) is 6.72. The van der Waals surface area contributed by atoms with Crippen LogP contribution in [0.5, 0.6) is 0 Å². The molecule has 3 heterocycles. The van der Waals surface area contributed by atoms with E-state index in [1.165, 1.54) is 6.07 Å². The number of para-hydroxylation sites is 1. The molecule has 0 saturated heterocycles. The summed E-state index contributed by atoms with van der Waals surface area (Å²) in [5.41, 5.74) is 1.75. The van der Waals surface area contributed by atoms with Crippen LogP contribution in [0.4, 0.5) is 5.69 Å². The lowest BCUT2D eigenvalue weighted by molar-refractivity contribution is 0.102. The molecule has 5 rings (SSSR count). The maximum Gasteiger partial charge on any atom is 0.349 e. The molecule has 0 radical (unpaired) electrons. The van der Waals surface area contributed by atoms with E-state index in [4.69, 9.17) is 4.42 Å². The summed E-state index contributed by atoms with van der Waals surface area (Å²) in [7, 11) is 0. The summed E-state index contributed by atoms with van der Waals surface area (Å²) in [6.45, 7) is 0. The lowest BCUT2D eigenvalue weighted by Gasteiger charge is -2.07. The molecule has 0 aliphatic rings. The standard InChI is InChI=1S/C22H14N4O3/c27-21(17-13-14-6-1-2-9-18(14)29-22(17)28)23-16-8-5-7-15(12-16)20-25-24-19-10-3-4-11-26(19)20/h1-13H,(H,23,27). The zero-order chi connectivity index (χ0) is 19.8. The number of nitrogens with one attached hydrogen (secondary N) is 1. The number of amides is 1. The highest BCUT2D eigenvalue weighted by Gasteiger charge is 2.15. The van der Waals surface area contributed by atoms with Crippen LogP contribution in [-0.4, -0.2) is 20.5 Å². The van der Waals surface area contributed by atoms with E-state index in [9.17, 15) is 9.59 Å². The van der Waals surface area contributed by atoms with Crippen molar-refractivity contribution in [2.45, 2.75) is 0 Å². The molecule has 0 aliphatic carbocycles. The maximum absolute atomic E-state index is 12.7. The van der Waals surface area contributed by atoms with Crippen LogP contribution in [-0.2, 0) is 0 Å². The predicted octanol–water partition coefficient (Wildman–Crippen LogP) is 3.76. The summed E-state index contributed by atoms with van der Waals surface area (Å²) in [6, 6.07) is 21.4. The molecule has 140 valence electrons. The van der Waals surface area contributed by atoms with Crippen LogP contribution in [0.2, 0.25) is 0 Å². The Morgan fingerprint density at radius 3 is 2.72 bits per heavy atom. The number of carbonyl (C=O) groups excluding carboxylic acids is 1. The van der Waals surface area contributed by atoms with Crippen molar-refractivity contribution in [2.24, 2.45) is 0 Å². The van der Waals surface area contributed by atoms with Crippen molar-refractivity contribution in [3.05, 3.63) is 95.0 Å². The van der Waals surface area contributed by atoms with Gasteiger partial charge in [0.25, 0.3) is 5.91 Å². The molecule has 29 heavy (non-hydrogen) atoms. The molecule has 0 unspecified atom stereocenters. The highest BCUT2D eigenvalue weighted by atomic mass is 16.4. The number of hydrogen-bond donors (Lipinski definition) is 1. The van der Waals surface area contributed by atoms with E-state index >= 15 is 0 Å². The van der Waals surface area contributed by atoms with Gasteiger partial charge in [0.2, 0.25) is 0 Å². The van der Waals surface area contributed by atoms with Crippen molar-refractivity contribution in [2.75, 3.05) is 5.32 Å². The van der Waals surface area contributed by atoms with Crippen molar-refractivity contribution in [1.82, 2.24) is 14.6 Å². The van der Waals surface area contributed by atoms with Crippen LogP contribution in [0.3, 0.4) is 0 Å². The number of fused-ring (bicyclic) bond motifs is 2. The highest BCUT2D eigenvalue weighted by molar-refractivity contribution is 6.05. The van der Waals surface area contributed by atoms with Crippen molar-refractivity contribution < 1.29 is 9.21 Å². The van der Waals surface area contributed by atoms with Crippen LogP contribution in [0.1, 0.15) is 10.4 Å². The molecule has 0 aliphatic heterocycles. The maximum atomic E-state index is 12.7. The first kappa shape index (κ1) is 16.9. The summed E-state index contributed by atoms with van der Waals surface area (Å²) in [5, 5.41) is 11.8. The van der Waals surface area contributed by atoms with E-state index < -0.39 is 11.5 Å². The third-order valence-electron chi connectivity index (χ3n) is 4.58. The van der Waals surface area contributed by atoms with Gasteiger partial charge < -0.3 is 9.73 Å². The highest BCUT2D eigenvalue weighted by Crippen LogP contribution is 2.22. The Balaban J connectivity index is 1.48. The average Bonchev–Trinajstić information content (AvgIpc) is 3.17. The van der Waals surface area contributed by atoms with Crippen molar-refractivity contribution in [3.8, 4) is 11.4 Å². The Bertz CT molecular complexity index is 1440. The Hall–Kier alpha value is -4.26. The van der Waals surface area contributed by atoms with Gasteiger partial charge in [0.05, 0.1) is 0 Å². The Morgan fingerprint density at radius 1 is 0.931 bits per heavy atom. The normalized spacial score (nSPS) is 11.0. The van der Waals surface area contributed by atoms with E-state index in [-0.39, 0.29) is 5.56 Å². The van der Waals surface area contributed by atoms with Gasteiger partial charge >= 0.3 is 5.63 Å². The van der Waals surface area contributed by atoms with E-state index in [1.54, 1.807) is 36.4 Å². The first-order valence-electron chi connectivity index (χ1n) is 8.93. The van der Waals surface area contributed by atoms with Gasteiger partial charge in [-0.3, -0.25) is 9.20 Å². The monoisotopic (exact) mass is 382 g/mol. The number of anilines is 1. The van der Waals surface area contributed by atoms with E-state index in [0.29, 0.717) is 22.5 Å². The lowest BCUT2D eigenvalue weighted by atomic mass is 10.1. The zero-order valence-corrected chi connectivity index (χ0v) is 15.1. The molecule has 5 aromatic rings. The second-order valence-corrected chi connectivity index (χ2v) is 6.47. The van der Waals surface area contributed by atoms with E-state index in [1.807, 2.05) is 40.9 Å². The fourth-order valence-corrected chi connectivity index (χ4v) is 3.19. The van der Waals surface area contributed by atoms with Crippen molar-refractivity contribution in [1.29, 1.82) is 0 Å². The number of hydrogen-bond acceptors (Lipinski definition) is 5. The molecule has 7 heteroatoms. The van der Waals surface area contributed by atoms with Crippen LogP contribution in [0.25, 0.3) is 28.0 Å². The number of pyridine rings is 1. The molecule has 0 bridgehead atoms. The van der Waals surface area contributed by atoms with Crippen LogP contribution >= 0.6 is 0 Å². The fourth-order valence-electron chi connectivity index (χ4n) is 3.19. The topological polar surface area (TPSA) is 89.5 Å². The number of carbonyl (C=O) groups is 1. The number of rotatable bonds is 3. The molecular weight excluding hydrogens is 368 g/mol. The van der Waals surface area contributed by atoms with E-state index in [2.05, 4.69) is 15.5 Å². The molecule has 1 amide bonds. The molecule has 3 aromatic heterocycles. The largest absolute Gasteiger partial charge is 0.422 e. The SMILES string of the molecule is O=C(Nc1cccc(-c2nnc3ccccn23)c1)c1cc2ccccc2oc1=O. The average molecular weight is 382 g/mol. The molecule has 0 saturated carbocycles. The molecular formula is C22H14N4O3. The summed E-state index contributed by atoms with van der Waals surface area (Å²) in [6.07, 6.45) is 1.87. The molecule has 1 N–H and O–H groups in total. The Labute approximate surface area is 164 Å². The first-order valence-corrected chi connectivity index (χ1v) is 8.93. The smallest absolute Gasteiger partial charge is 0.349 e. The Morgan fingerprint density at radius 2 is 1.79 bits per heavy atom. The zero-order valence-electron chi connectivity index (χ0n) is 15.1. The van der Waals surface area contributed by atoms with Gasteiger partial charge in [0.1, 0.15) is 11.1 Å². The summed E-state index contributed by atoms with van der Waals surface area (Å²) >= 11 is 0. The fraction of sp³-hybridized carbons (Fsp3) is 0. The number of benzene rings is 2. The van der Waals surface area contributed by atoms with Crippen molar-refractivity contribution in [3.63, 3.8) is 0 Å². The third kappa shape index (κ3) is 3.04. The molecule has 0 atom stereocenters. The first-order chi connectivity index (χ1) is 14.2. The quantitative estimate of drug-likeness (QED) is 0.480. The van der Waals surface area contributed by atoms with Gasteiger partial charge in [-0.25, -0.2) is 4.79 Å². The minimum Gasteiger partial charge on any atom is -0.422 e. The molecule has 0 spiro atoms. The molecule has 2 aromatic carbocycles. The van der Waals surface area contributed by atoms with Gasteiger partial charge in [-0.2, -0.15) is 0 Å². The molecule has 7 nitrogen and oxygen atoms in total. The van der Waals surface area contributed by atoms with Gasteiger partial charge in [-0.1, -0.05) is 36.4 Å². The Kier molecular flexibility index (Phi) is 3.91. The third-order valence-corrected chi connectivity index (χ3v) is 4.58. The van der Waals surface area contributed by atoms with Crippen molar-refractivity contribution >= 4 is 28.2 Å². The second-order valence-electron chi connectivity index (χ2n) is 6.47. The minimum atomic E-state index is -0.680. The molecule has 0 fully saturated rings. The van der Waals surface area contributed by atoms with Crippen LogP contribution in [0.15, 0.2) is 88.2 Å². The minimum absolute atomic E-state index is 0.0537. The number of aromatic nitrogens is 3. The van der Waals surface area contributed by atoms with Gasteiger partial charge in [-0.15, -0.1) is 10.2 Å². The number of nitrogens with zero attached hydrogens (tertiary/aromatic N) is 3. The van der Waals surface area contributed by atoms with Crippen LogP contribution in [0, 0.1) is 0 Å². The van der Waals surface area contributed by atoms with E-state index in [0.717, 1.165) is 11.2 Å². The van der Waals surface area contributed by atoms with Gasteiger partial charge in [-0.05, 0) is 36.4 Å². The van der Waals surface area contributed by atoms with Crippen LogP contribution < -0.4 is 10.9 Å².